The van der Waals surface area contributed by atoms with Crippen LogP contribution >= 0.6 is 0 Å². The lowest BCUT2D eigenvalue weighted by molar-refractivity contribution is -0.385. The van der Waals surface area contributed by atoms with Crippen LogP contribution in [0.4, 0.5) is 11.5 Å². The smallest absolute Gasteiger partial charge is 0.306 e. The number of hydrogen-bond donors (Lipinski definition) is 1. The summed E-state index contributed by atoms with van der Waals surface area (Å²) in [7, 11) is 0. The Morgan fingerprint density at radius 2 is 2.15 bits per heavy atom. The van der Waals surface area contributed by atoms with Crippen LogP contribution in [0, 0.1) is 17.0 Å². The van der Waals surface area contributed by atoms with Crippen molar-refractivity contribution in [2.24, 2.45) is 0 Å². The molecule has 0 aliphatic heterocycles. The molecule has 9 nitrogen and oxygen atoms in total. The normalized spacial score (nSPS) is 10.7. The van der Waals surface area contributed by atoms with Gasteiger partial charge in [-0.15, -0.1) is 0 Å². The number of nitrogens with zero attached hydrogens (tertiary/aromatic N) is 5. The summed E-state index contributed by atoms with van der Waals surface area (Å²) in [5, 5.41) is 21.5. The van der Waals surface area contributed by atoms with E-state index in [2.05, 4.69) is 21.6 Å². The van der Waals surface area contributed by atoms with Crippen molar-refractivity contribution in [2.75, 3.05) is 5.32 Å². The Kier molecular flexibility index (Phi) is 5.07. The van der Waals surface area contributed by atoms with Gasteiger partial charge in [-0.05, 0) is 12.5 Å². The first kappa shape index (κ1) is 17.3. The number of benzene rings is 1. The van der Waals surface area contributed by atoms with E-state index in [0.29, 0.717) is 12.4 Å². The molecule has 3 rings (SSSR count). The van der Waals surface area contributed by atoms with Gasteiger partial charge < -0.3 is 5.32 Å². The Balaban J connectivity index is 1.51. The second kappa shape index (κ2) is 7.60. The van der Waals surface area contributed by atoms with Crippen LogP contribution in [0.3, 0.4) is 0 Å². The first-order chi connectivity index (χ1) is 12.5. The molecule has 0 unspecified atom stereocenters. The summed E-state index contributed by atoms with van der Waals surface area (Å²) < 4.78 is 3.12. The minimum absolute atomic E-state index is 0.0969. The predicted molar refractivity (Wildman–Crippen MR) is 94.6 cm³/mol. The summed E-state index contributed by atoms with van der Waals surface area (Å²) in [6.45, 7) is 2.91. The fourth-order valence-corrected chi connectivity index (χ4v) is 2.50. The van der Waals surface area contributed by atoms with Gasteiger partial charge in [0.25, 0.3) is 0 Å². The molecule has 0 atom stereocenters. The minimum atomic E-state index is -0.523. The maximum atomic E-state index is 12.0. The van der Waals surface area contributed by atoms with Crippen molar-refractivity contribution in [1.82, 2.24) is 19.6 Å². The number of anilines is 1. The summed E-state index contributed by atoms with van der Waals surface area (Å²) >= 11 is 0. The highest BCUT2D eigenvalue weighted by atomic mass is 16.6. The Bertz CT molecular complexity index is 930. The van der Waals surface area contributed by atoms with Gasteiger partial charge in [0.1, 0.15) is 12.4 Å². The second-order valence-electron chi connectivity index (χ2n) is 5.90. The minimum Gasteiger partial charge on any atom is -0.309 e. The van der Waals surface area contributed by atoms with Crippen molar-refractivity contribution in [3.8, 4) is 0 Å². The van der Waals surface area contributed by atoms with Crippen LogP contribution < -0.4 is 5.32 Å². The van der Waals surface area contributed by atoms with Gasteiger partial charge in [0.05, 0.1) is 11.5 Å². The fourth-order valence-electron chi connectivity index (χ4n) is 2.50. The Hall–Kier alpha value is -3.49. The van der Waals surface area contributed by atoms with Crippen molar-refractivity contribution in [2.45, 2.75) is 26.4 Å². The van der Waals surface area contributed by atoms with E-state index >= 15 is 0 Å². The summed E-state index contributed by atoms with van der Waals surface area (Å²) in [5.41, 5.74) is 2.22. The van der Waals surface area contributed by atoms with Crippen LogP contribution in [-0.2, 0) is 17.9 Å². The lowest BCUT2D eigenvalue weighted by Gasteiger charge is -2.04. The zero-order valence-electron chi connectivity index (χ0n) is 14.2. The topological polar surface area (TPSA) is 108 Å². The molecule has 26 heavy (non-hydrogen) atoms. The zero-order valence-corrected chi connectivity index (χ0v) is 14.2. The first-order valence-electron chi connectivity index (χ1n) is 8.05. The maximum absolute atomic E-state index is 12.0. The van der Waals surface area contributed by atoms with E-state index in [4.69, 9.17) is 0 Å². The van der Waals surface area contributed by atoms with Gasteiger partial charge in [-0.1, -0.05) is 29.8 Å². The molecule has 0 bridgehead atoms. The van der Waals surface area contributed by atoms with Gasteiger partial charge in [0.15, 0.2) is 5.82 Å². The monoisotopic (exact) mass is 354 g/mol. The molecule has 9 heteroatoms. The number of aromatic nitrogens is 4. The number of nitrogens with one attached hydrogen (secondary N) is 1. The molecule has 134 valence electrons. The van der Waals surface area contributed by atoms with Crippen molar-refractivity contribution in [3.05, 3.63) is 70.2 Å². The Morgan fingerprint density at radius 3 is 2.88 bits per heavy atom. The van der Waals surface area contributed by atoms with Gasteiger partial charge in [-0.25, -0.2) is 0 Å². The van der Waals surface area contributed by atoms with Gasteiger partial charge in [0, 0.05) is 25.2 Å². The highest BCUT2D eigenvalue weighted by molar-refractivity contribution is 5.89. The molecule has 0 radical (unpaired) electrons. The van der Waals surface area contributed by atoms with Crippen molar-refractivity contribution in [1.29, 1.82) is 0 Å². The van der Waals surface area contributed by atoms with E-state index in [0.717, 1.165) is 11.8 Å². The van der Waals surface area contributed by atoms with E-state index < -0.39 is 4.92 Å². The number of amides is 1. The van der Waals surface area contributed by atoms with Gasteiger partial charge in [0.2, 0.25) is 5.91 Å². The average molecular weight is 354 g/mol. The lowest BCUT2D eigenvalue weighted by atomic mass is 10.1. The van der Waals surface area contributed by atoms with Gasteiger partial charge in [-0.2, -0.15) is 10.2 Å². The molecule has 2 heterocycles. The fraction of sp³-hybridized carbons (Fsp3) is 0.235. The number of aryl methyl sites for hydroxylation is 2. The average Bonchev–Trinajstić information content (AvgIpc) is 3.23. The molecule has 0 aliphatic carbocycles. The van der Waals surface area contributed by atoms with Gasteiger partial charge >= 0.3 is 5.69 Å². The molecular formula is C17H18N6O3. The number of nitro groups is 1. The predicted octanol–water partition coefficient (Wildman–Crippen LogP) is 2.37. The van der Waals surface area contributed by atoms with Crippen LogP contribution in [0.15, 0.2) is 48.9 Å². The van der Waals surface area contributed by atoms with Crippen LogP contribution in [-0.4, -0.2) is 30.4 Å². The summed E-state index contributed by atoms with van der Waals surface area (Å²) in [6, 6.07) is 9.87. The number of hydrogen-bond acceptors (Lipinski definition) is 5. The molecule has 0 saturated carbocycles. The number of carbonyl (C=O) groups excluding carboxylic acids is 1. The quantitative estimate of drug-likeness (QED) is 0.518. The van der Waals surface area contributed by atoms with E-state index in [1.807, 2.05) is 25.1 Å². The van der Waals surface area contributed by atoms with Crippen LogP contribution in [0.2, 0.25) is 0 Å². The highest BCUT2D eigenvalue weighted by Gasteiger charge is 2.10. The molecular weight excluding hydrogens is 336 g/mol. The van der Waals surface area contributed by atoms with E-state index in [9.17, 15) is 14.9 Å². The van der Waals surface area contributed by atoms with Crippen molar-refractivity contribution in [3.63, 3.8) is 0 Å². The molecule has 1 N–H and O–H groups in total. The largest absolute Gasteiger partial charge is 0.309 e. The molecule has 1 aromatic carbocycles. The second-order valence-corrected chi connectivity index (χ2v) is 5.90. The molecule has 0 saturated heterocycles. The zero-order chi connectivity index (χ0) is 18.5. The summed E-state index contributed by atoms with van der Waals surface area (Å²) in [6.07, 6.45) is 4.40. The number of rotatable bonds is 7. The SMILES string of the molecule is Cc1cccc(Cn2ccc(NC(=O)CCn3cc([N+](=O)[O-])cn3)n2)c1. The van der Waals surface area contributed by atoms with E-state index in [1.54, 1.807) is 16.9 Å². The Labute approximate surface area is 149 Å². The third-order valence-electron chi connectivity index (χ3n) is 3.73. The molecule has 0 fully saturated rings. The first-order valence-corrected chi connectivity index (χ1v) is 8.05. The van der Waals surface area contributed by atoms with Crippen LogP contribution in [0.1, 0.15) is 17.5 Å². The van der Waals surface area contributed by atoms with Crippen LogP contribution in [0.25, 0.3) is 0 Å². The molecule has 1 amide bonds. The number of carbonyl (C=O) groups is 1. The molecule has 0 spiro atoms. The van der Waals surface area contributed by atoms with E-state index in [-0.39, 0.29) is 24.6 Å². The van der Waals surface area contributed by atoms with Crippen molar-refractivity contribution < 1.29 is 9.72 Å². The molecule has 3 aromatic rings. The van der Waals surface area contributed by atoms with Crippen molar-refractivity contribution >= 4 is 17.4 Å². The van der Waals surface area contributed by atoms with Crippen LogP contribution in [0.5, 0.6) is 0 Å². The standard InChI is InChI=1S/C17H18N6O3/c1-13-3-2-4-14(9-13)11-22-7-5-16(20-22)19-17(24)6-8-21-12-15(10-18-21)23(25)26/h2-5,7,9-10,12H,6,8,11H2,1H3,(H,19,20,24). The summed E-state index contributed by atoms with van der Waals surface area (Å²) in [5.74, 6) is 0.234. The summed E-state index contributed by atoms with van der Waals surface area (Å²) in [4.78, 5) is 22.1. The third kappa shape index (κ3) is 4.53. The molecule has 0 aliphatic rings. The van der Waals surface area contributed by atoms with E-state index in [1.165, 1.54) is 16.4 Å². The maximum Gasteiger partial charge on any atom is 0.306 e. The van der Waals surface area contributed by atoms with Gasteiger partial charge in [-0.3, -0.25) is 24.3 Å². The molecule has 2 aromatic heterocycles. The lowest BCUT2D eigenvalue weighted by Crippen LogP contribution is -2.15. The highest BCUT2D eigenvalue weighted by Crippen LogP contribution is 2.10. The third-order valence-corrected chi connectivity index (χ3v) is 3.73. The Morgan fingerprint density at radius 1 is 1.31 bits per heavy atom.